The van der Waals surface area contributed by atoms with Crippen LogP contribution in [0.2, 0.25) is 0 Å². The minimum atomic E-state index is -0.183. The zero-order chi connectivity index (χ0) is 18.7. The lowest BCUT2D eigenvalue weighted by atomic mass is 10.0. The highest BCUT2D eigenvalue weighted by Crippen LogP contribution is 2.30. The first-order chi connectivity index (χ1) is 12.4. The SMILES string of the molecule is CC(C)NC(=O)c1coc(CN(Cc2ccc(C(C)C)cc2)C2CC2)n1. The molecule has 5 nitrogen and oxygen atoms in total. The second kappa shape index (κ2) is 8.04. The number of rotatable bonds is 8. The molecule has 1 amide bonds. The van der Waals surface area contributed by atoms with Crippen LogP contribution in [0.5, 0.6) is 0 Å². The van der Waals surface area contributed by atoms with Crippen molar-refractivity contribution in [3.8, 4) is 0 Å². The van der Waals surface area contributed by atoms with Crippen molar-refractivity contribution in [1.29, 1.82) is 0 Å². The molecule has 0 radical (unpaired) electrons. The number of carbonyl (C=O) groups is 1. The summed E-state index contributed by atoms with van der Waals surface area (Å²) < 4.78 is 5.55. The molecule has 3 rings (SSSR count). The van der Waals surface area contributed by atoms with Gasteiger partial charge >= 0.3 is 0 Å². The van der Waals surface area contributed by atoms with E-state index in [4.69, 9.17) is 4.42 Å². The molecule has 26 heavy (non-hydrogen) atoms. The maximum atomic E-state index is 12.0. The number of carbonyl (C=O) groups excluding carboxylic acids is 1. The van der Waals surface area contributed by atoms with E-state index in [-0.39, 0.29) is 11.9 Å². The van der Waals surface area contributed by atoms with Gasteiger partial charge in [-0.25, -0.2) is 4.98 Å². The Kier molecular flexibility index (Phi) is 5.77. The lowest BCUT2D eigenvalue weighted by Crippen LogP contribution is -2.30. The Labute approximate surface area is 155 Å². The van der Waals surface area contributed by atoms with Gasteiger partial charge in [0.25, 0.3) is 5.91 Å². The highest BCUT2D eigenvalue weighted by Gasteiger charge is 2.30. The van der Waals surface area contributed by atoms with Gasteiger partial charge in [-0.05, 0) is 43.7 Å². The first kappa shape index (κ1) is 18.6. The molecule has 1 aromatic heterocycles. The number of amides is 1. The average molecular weight is 355 g/mol. The van der Waals surface area contributed by atoms with Gasteiger partial charge in [0.1, 0.15) is 6.26 Å². The van der Waals surface area contributed by atoms with Crippen LogP contribution in [0.15, 0.2) is 34.9 Å². The minimum Gasteiger partial charge on any atom is -0.447 e. The predicted molar refractivity (Wildman–Crippen MR) is 102 cm³/mol. The summed E-state index contributed by atoms with van der Waals surface area (Å²) in [7, 11) is 0. The number of nitrogens with zero attached hydrogens (tertiary/aromatic N) is 2. The Hall–Kier alpha value is -2.14. The molecule has 2 aromatic rings. The molecular weight excluding hydrogens is 326 g/mol. The summed E-state index contributed by atoms with van der Waals surface area (Å²) in [6.45, 7) is 9.78. The van der Waals surface area contributed by atoms with Crippen molar-refractivity contribution in [3.05, 3.63) is 53.2 Å². The fourth-order valence-electron chi connectivity index (χ4n) is 2.99. The number of nitrogens with one attached hydrogen (secondary N) is 1. The van der Waals surface area contributed by atoms with Crippen LogP contribution in [0.4, 0.5) is 0 Å². The molecule has 1 aliphatic rings. The van der Waals surface area contributed by atoms with E-state index in [2.05, 4.69) is 53.3 Å². The van der Waals surface area contributed by atoms with Crippen LogP contribution in [0.25, 0.3) is 0 Å². The van der Waals surface area contributed by atoms with E-state index in [0.29, 0.717) is 30.1 Å². The number of benzene rings is 1. The lowest BCUT2D eigenvalue weighted by molar-refractivity contribution is 0.0938. The third-order valence-corrected chi connectivity index (χ3v) is 4.64. The van der Waals surface area contributed by atoms with E-state index in [0.717, 1.165) is 6.54 Å². The normalized spacial score (nSPS) is 14.4. The molecule has 1 aliphatic carbocycles. The summed E-state index contributed by atoms with van der Waals surface area (Å²) >= 11 is 0. The Morgan fingerprint density at radius 3 is 2.46 bits per heavy atom. The topological polar surface area (TPSA) is 58.4 Å². The molecule has 0 spiro atoms. The fourth-order valence-corrected chi connectivity index (χ4v) is 2.99. The molecule has 1 heterocycles. The molecule has 0 unspecified atom stereocenters. The lowest BCUT2D eigenvalue weighted by Gasteiger charge is -2.20. The number of oxazole rings is 1. The Balaban J connectivity index is 1.64. The monoisotopic (exact) mass is 355 g/mol. The van der Waals surface area contributed by atoms with Crippen LogP contribution in [0.1, 0.15) is 74.0 Å². The fraction of sp³-hybridized carbons (Fsp3) is 0.524. The first-order valence-electron chi connectivity index (χ1n) is 9.50. The molecule has 1 saturated carbocycles. The Bertz CT molecular complexity index is 730. The van der Waals surface area contributed by atoms with Crippen molar-refractivity contribution in [1.82, 2.24) is 15.2 Å². The zero-order valence-electron chi connectivity index (χ0n) is 16.2. The van der Waals surface area contributed by atoms with Crippen molar-refractivity contribution in [2.45, 2.75) is 71.6 Å². The van der Waals surface area contributed by atoms with Gasteiger partial charge in [0.2, 0.25) is 5.89 Å². The summed E-state index contributed by atoms with van der Waals surface area (Å²) in [4.78, 5) is 18.8. The van der Waals surface area contributed by atoms with Gasteiger partial charge in [-0.15, -0.1) is 0 Å². The van der Waals surface area contributed by atoms with Crippen LogP contribution in [-0.4, -0.2) is 27.9 Å². The summed E-state index contributed by atoms with van der Waals surface area (Å²) in [6.07, 6.45) is 3.88. The molecule has 1 N–H and O–H groups in total. The van der Waals surface area contributed by atoms with Gasteiger partial charge in [0.05, 0.1) is 6.54 Å². The van der Waals surface area contributed by atoms with Gasteiger partial charge in [-0.2, -0.15) is 0 Å². The summed E-state index contributed by atoms with van der Waals surface area (Å²) in [5.74, 6) is 0.966. The third-order valence-electron chi connectivity index (χ3n) is 4.64. The van der Waals surface area contributed by atoms with E-state index >= 15 is 0 Å². The maximum Gasteiger partial charge on any atom is 0.273 e. The van der Waals surface area contributed by atoms with E-state index in [9.17, 15) is 4.79 Å². The molecular formula is C21H29N3O2. The zero-order valence-corrected chi connectivity index (χ0v) is 16.2. The van der Waals surface area contributed by atoms with Gasteiger partial charge < -0.3 is 9.73 Å². The molecule has 1 fully saturated rings. The predicted octanol–water partition coefficient (Wildman–Crippen LogP) is 4.10. The van der Waals surface area contributed by atoms with Gasteiger partial charge in [-0.3, -0.25) is 9.69 Å². The highest BCUT2D eigenvalue weighted by atomic mass is 16.3. The van der Waals surface area contributed by atoms with Crippen LogP contribution < -0.4 is 5.32 Å². The standard InChI is InChI=1S/C21H29N3O2/c1-14(2)17-7-5-16(6-8-17)11-24(18-9-10-18)12-20-23-19(13-26-20)21(25)22-15(3)4/h5-8,13-15,18H,9-12H2,1-4H3,(H,22,25). The molecule has 140 valence electrons. The van der Waals surface area contributed by atoms with Crippen LogP contribution in [-0.2, 0) is 13.1 Å². The van der Waals surface area contributed by atoms with Gasteiger partial charge in [0, 0.05) is 18.6 Å². The van der Waals surface area contributed by atoms with Crippen LogP contribution in [0, 0.1) is 0 Å². The summed E-state index contributed by atoms with van der Waals surface area (Å²) in [6, 6.07) is 9.51. The number of hydrogen-bond donors (Lipinski definition) is 1. The Morgan fingerprint density at radius 1 is 1.19 bits per heavy atom. The van der Waals surface area contributed by atoms with Crippen molar-refractivity contribution in [3.63, 3.8) is 0 Å². The minimum absolute atomic E-state index is 0.0828. The number of hydrogen-bond acceptors (Lipinski definition) is 4. The van der Waals surface area contributed by atoms with Crippen molar-refractivity contribution in [2.24, 2.45) is 0 Å². The Morgan fingerprint density at radius 2 is 1.88 bits per heavy atom. The smallest absolute Gasteiger partial charge is 0.273 e. The molecule has 0 aliphatic heterocycles. The van der Waals surface area contributed by atoms with Crippen molar-refractivity contribution < 1.29 is 9.21 Å². The van der Waals surface area contributed by atoms with Crippen molar-refractivity contribution in [2.75, 3.05) is 0 Å². The van der Waals surface area contributed by atoms with Crippen molar-refractivity contribution >= 4 is 5.91 Å². The van der Waals surface area contributed by atoms with E-state index in [1.165, 1.54) is 30.2 Å². The third kappa shape index (κ3) is 4.94. The quantitative estimate of drug-likeness (QED) is 0.774. The summed E-state index contributed by atoms with van der Waals surface area (Å²) in [5.41, 5.74) is 3.01. The van der Waals surface area contributed by atoms with Crippen LogP contribution >= 0.6 is 0 Å². The average Bonchev–Trinajstić information content (AvgIpc) is 3.33. The highest BCUT2D eigenvalue weighted by molar-refractivity contribution is 5.92. The molecule has 5 heteroatoms. The number of aromatic nitrogens is 1. The maximum absolute atomic E-state index is 12.0. The molecule has 0 bridgehead atoms. The van der Waals surface area contributed by atoms with Gasteiger partial charge in [0.15, 0.2) is 5.69 Å². The summed E-state index contributed by atoms with van der Waals surface area (Å²) in [5, 5.41) is 2.84. The second-order valence-electron chi connectivity index (χ2n) is 7.79. The first-order valence-corrected chi connectivity index (χ1v) is 9.50. The largest absolute Gasteiger partial charge is 0.447 e. The van der Waals surface area contributed by atoms with E-state index in [1.54, 1.807) is 0 Å². The van der Waals surface area contributed by atoms with E-state index < -0.39 is 0 Å². The van der Waals surface area contributed by atoms with Gasteiger partial charge in [-0.1, -0.05) is 38.1 Å². The molecule has 0 atom stereocenters. The second-order valence-corrected chi connectivity index (χ2v) is 7.79. The van der Waals surface area contributed by atoms with Crippen LogP contribution in [0.3, 0.4) is 0 Å². The molecule has 1 aromatic carbocycles. The van der Waals surface area contributed by atoms with E-state index in [1.807, 2.05) is 13.8 Å². The molecule has 0 saturated heterocycles.